The van der Waals surface area contributed by atoms with Gasteiger partial charge in [0.05, 0.1) is 6.54 Å². The fourth-order valence-electron chi connectivity index (χ4n) is 2.50. The Bertz CT molecular complexity index is 772. The van der Waals surface area contributed by atoms with E-state index in [2.05, 4.69) is 22.9 Å². The highest BCUT2D eigenvalue weighted by Crippen LogP contribution is 2.16. The second-order valence-electron chi connectivity index (χ2n) is 6.41. The quantitative estimate of drug-likeness (QED) is 0.631. The van der Waals surface area contributed by atoms with E-state index >= 15 is 0 Å². The lowest BCUT2D eigenvalue weighted by atomic mass is 10.1. The summed E-state index contributed by atoms with van der Waals surface area (Å²) in [7, 11) is 0. The summed E-state index contributed by atoms with van der Waals surface area (Å²) in [4.78, 5) is 24.3. The van der Waals surface area contributed by atoms with Crippen molar-refractivity contribution in [3.8, 4) is 0 Å². The third-order valence-corrected chi connectivity index (χ3v) is 4.06. The fraction of sp³-hybridized carbons (Fsp3) is 0.333. The molecule has 0 aromatic heterocycles. The van der Waals surface area contributed by atoms with Gasteiger partial charge >= 0.3 is 0 Å². The lowest BCUT2D eigenvalue weighted by Crippen LogP contribution is -2.25. The average Bonchev–Trinajstić information content (AvgIpc) is 2.63. The average molecular weight is 353 g/mol. The Morgan fingerprint density at radius 3 is 2.62 bits per heavy atom. The van der Waals surface area contributed by atoms with Crippen LogP contribution >= 0.6 is 0 Å². The van der Waals surface area contributed by atoms with Crippen molar-refractivity contribution >= 4 is 23.2 Å². The molecule has 0 aliphatic rings. The highest BCUT2D eigenvalue weighted by atomic mass is 16.2. The van der Waals surface area contributed by atoms with Crippen LogP contribution in [0.25, 0.3) is 0 Å². The SMILES string of the molecule is CCCCNC(=O)c1cccc(NCC(=O)Nc2cc(C)ccc2C)c1. The summed E-state index contributed by atoms with van der Waals surface area (Å²) in [5.74, 6) is -0.224. The first kappa shape index (κ1) is 19.5. The van der Waals surface area contributed by atoms with E-state index < -0.39 is 0 Å². The molecule has 0 radical (unpaired) electrons. The molecule has 0 saturated heterocycles. The molecule has 0 unspecified atom stereocenters. The van der Waals surface area contributed by atoms with Crippen LogP contribution in [0.2, 0.25) is 0 Å². The molecule has 0 saturated carbocycles. The van der Waals surface area contributed by atoms with E-state index in [-0.39, 0.29) is 18.4 Å². The van der Waals surface area contributed by atoms with E-state index in [4.69, 9.17) is 0 Å². The summed E-state index contributed by atoms with van der Waals surface area (Å²) >= 11 is 0. The minimum atomic E-state index is -0.128. The van der Waals surface area contributed by atoms with E-state index in [9.17, 15) is 9.59 Å². The highest BCUT2D eigenvalue weighted by Gasteiger charge is 2.08. The molecular formula is C21H27N3O2. The van der Waals surface area contributed by atoms with Gasteiger partial charge in [0.15, 0.2) is 0 Å². The van der Waals surface area contributed by atoms with Crippen molar-refractivity contribution < 1.29 is 9.59 Å². The van der Waals surface area contributed by atoms with E-state index in [1.165, 1.54) is 0 Å². The number of unbranched alkanes of at least 4 members (excludes halogenated alkanes) is 1. The van der Waals surface area contributed by atoms with Gasteiger partial charge in [0.2, 0.25) is 5.91 Å². The zero-order chi connectivity index (χ0) is 18.9. The van der Waals surface area contributed by atoms with Crippen LogP contribution in [0.1, 0.15) is 41.3 Å². The molecule has 2 amide bonds. The van der Waals surface area contributed by atoms with Gasteiger partial charge in [-0.3, -0.25) is 9.59 Å². The second-order valence-corrected chi connectivity index (χ2v) is 6.41. The van der Waals surface area contributed by atoms with Crippen LogP contribution in [-0.2, 0) is 4.79 Å². The molecule has 2 aromatic carbocycles. The lowest BCUT2D eigenvalue weighted by Gasteiger charge is -2.11. The first-order chi connectivity index (χ1) is 12.5. The van der Waals surface area contributed by atoms with Gasteiger partial charge in [-0.15, -0.1) is 0 Å². The van der Waals surface area contributed by atoms with Crippen LogP contribution in [0.15, 0.2) is 42.5 Å². The number of hydrogen-bond donors (Lipinski definition) is 3. The Labute approximate surface area is 155 Å². The van der Waals surface area contributed by atoms with Crippen molar-refractivity contribution in [3.05, 3.63) is 59.2 Å². The summed E-state index contributed by atoms with van der Waals surface area (Å²) in [6.07, 6.45) is 2.00. The minimum Gasteiger partial charge on any atom is -0.376 e. The molecule has 3 N–H and O–H groups in total. The fourth-order valence-corrected chi connectivity index (χ4v) is 2.50. The Balaban J connectivity index is 1.90. The lowest BCUT2D eigenvalue weighted by molar-refractivity contribution is -0.114. The summed E-state index contributed by atoms with van der Waals surface area (Å²) in [5, 5.41) is 8.87. The summed E-state index contributed by atoms with van der Waals surface area (Å²) in [6.45, 7) is 6.84. The van der Waals surface area contributed by atoms with Crippen molar-refractivity contribution in [1.29, 1.82) is 0 Å². The number of hydrogen-bond acceptors (Lipinski definition) is 3. The van der Waals surface area contributed by atoms with Crippen LogP contribution in [0.3, 0.4) is 0 Å². The molecule has 2 rings (SSSR count). The maximum absolute atomic E-state index is 12.2. The minimum absolute atomic E-state index is 0.0954. The Morgan fingerprint density at radius 2 is 1.85 bits per heavy atom. The molecule has 2 aromatic rings. The van der Waals surface area contributed by atoms with Gasteiger partial charge in [0.1, 0.15) is 0 Å². The van der Waals surface area contributed by atoms with Gasteiger partial charge in [-0.25, -0.2) is 0 Å². The third-order valence-electron chi connectivity index (χ3n) is 4.06. The second kappa shape index (κ2) is 9.61. The van der Waals surface area contributed by atoms with Crippen molar-refractivity contribution in [2.75, 3.05) is 23.7 Å². The number of carbonyl (C=O) groups excluding carboxylic acids is 2. The zero-order valence-electron chi connectivity index (χ0n) is 15.7. The van der Waals surface area contributed by atoms with Crippen LogP contribution in [0.4, 0.5) is 11.4 Å². The molecule has 0 aliphatic carbocycles. The molecule has 0 bridgehead atoms. The number of nitrogens with one attached hydrogen (secondary N) is 3. The number of benzene rings is 2. The number of aryl methyl sites for hydroxylation is 2. The first-order valence-electron chi connectivity index (χ1n) is 8.99. The van der Waals surface area contributed by atoms with Gasteiger partial charge < -0.3 is 16.0 Å². The molecular weight excluding hydrogens is 326 g/mol. The highest BCUT2D eigenvalue weighted by molar-refractivity contribution is 5.96. The molecule has 5 nitrogen and oxygen atoms in total. The van der Waals surface area contributed by atoms with E-state index in [1.54, 1.807) is 18.2 Å². The van der Waals surface area contributed by atoms with Crippen LogP contribution in [0.5, 0.6) is 0 Å². The standard InChI is InChI=1S/C21H27N3O2/c1-4-5-11-22-21(26)17-7-6-8-18(13-17)23-14-20(25)24-19-12-15(2)9-10-16(19)3/h6-10,12-13,23H,4-5,11,14H2,1-3H3,(H,22,26)(H,24,25). The maximum Gasteiger partial charge on any atom is 0.251 e. The largest absolute Gasteiger partial charge is 0.376 e. The molecule has 5 heteroatoms. The van der Waals surface area contributed by atoms with Crippen molar-refractivity contribution in [3.63, 3.8) is 0 Å². The van der Waals surface area contributed by atoms with Gasteiger partial charge in [-0.05, 0) is 55.7 Å². The van der Waals surface area contributed by atoms with Gasteiger partial charge in [0, 0.05) is 23.5 Å². The molecule has 26 heavy (non-hydrogen) atoms. The predicted octanol–water partition coefficient (Wildman–Crippen LogP) is 3.88. The van der Waals surface area contributed by atoms with E-state index in [1.807, 2.05) is 38.1 Å². The number of carbonyl (C=O) groups is 2. The summed E-state index contributed by atoms with van der Waals surface area (Å²) in [5.41, 5.74) is 4.27. The summed E-state index contributed by atoms with van der Waals surface area (Å²) < 4.78 is 0. The number of anilines is 2. The Kier molecular flexibility index (Phi) is 7.21. The first-order valence-corrected chi connectivity index (χ1v) is 8.99. The van der Waals surface area contributed by atoms with Crippen molar-refractivity contribution in [1.82, 2.24) is 5.32 Å². The van der Waals surface area contributed by atoms with Crippen LogP contribution in [-0.4, -0.2) is 24.9 Å². The smallest absolute Gasteiger partial charge is 0.251 e. The Hall–Kier alpha value is -2.82. The molecule has 0 atom stereocenters. The van der Waals surface area contributed by atoms with E-state index in [0.29, 0.717) is 12.1 Å². The Morgan fingerprint density at radius 1 is 1.04 bits per heavy atom. The molecule has 0 heterocycles. The summed E-state index contributed by atoms with van der Waals surface area (Å²) in [6, 6.07) is 13.1. The monoisotopic (exact) mass is 353 g/mol. The molecule has 138 valence electrons. The molecule has 0 spiro atoms. The van der Waals surface area contributed by atoms with Crippen LogP contribution < -0.4 is 16.0 Å². The number of amides is 2. The van der Waals surface area contributed by atoms with Gasteiger partial charge in [0.25, 0.3) is 5.91 Å². The van der Waals surface area contributed by atoms with E-state index in [0.717, 1.165) is 35.3 Å². The normalized spacial score (nSPS) is 10.3. The molecule has 0 fully saturated rings. The van der Waals surface area contributed by atoms with Crippen LogP contribution in [0, 0.1) is 13.8 Å². The van der Waals surface area contributed by atoms with Crippen molar-refractivity contribution in [2.45, 2.75) is 33.6 Å². The molecule has 0 aliphatic heterocycles. The van der Waals surface area contributed by atoms with Gasteiger partial charge in [-0.1, -0.05) is 31.5 Å². The maximum atomic E-state index is 12.2. The third kappa shape index (κ3) is 5.92. The van der Waals surface area contributed by atoms with Gasteiger partial charge in [-0.2, -0.15) is 0 Å². The van der Waals surface area contributed by atoms with Crippen molar-refractivity contribution in [2.24, 2.45) is 0 Å². The topological polar surface area (TPSA) is 70.2 Å². The number of rotatable bonds is 8. The predicted molar refractivity (Wildman–Crippen MR) is 107 cm³/mol. The zero-order valence-corrected chi connectivity index (χ0v) is 15.7.